The lowest BCUT2D eigenvalue weighted by molar-refractivity contribution is 0.00339. The fraction of sp³-hybridized carbons (Fsp3) is 1.00. The standard InChI is InChI=1S/C8H18O4/c9-5-1-3-7(11)8(12)4-2-6-10/h7-12H,1-6H2/t7-,8-/m0/s1. The molecule has 0 bridgehead atoms. The smallest absolute Gasteiger partial charge is 0.0800 e. The summed E-state index contributed by atoms with van der Waals surface area (Å²) in [6.45, 7) is 0.0631. The molecule has 0 fully saturated rings. The first-order chi connectivity index (χ1) is 5.72. The van der Waals surface area contributed by atoms with E-state index in [4.69, 9.17) is 10.2 Å². The summed E-state index contributed by atoms with van der Waals surface area (Å²) in [6, 6.07) is 0. The largest absolute Gasteiger partial charge is 0.396 e. The van der Waals surface area contributed by atoms with E-state index in [0.717, 1.165) is 0 Å². The SMILES string of the molecule is OCCC[C@H](O)[C@@H](O)CCCO. The number of hydrogen-bond donors (Lipinski definition) is 4. The molecule has 4 heteroatoms. The van der Waals surface area contributed by atoms with E-state index in [1.54, 1.807) is 0 Å². The van der Waals surface area contributed by atoms with E-state index in [2.05, 4.69) is 0 Å². The molecule has 0 rings (SSSR count). The lowest BCUT2D eigenvalue weighted by atomic mass is 10.0. The summed E-state index contributed by atoms with van der Waals surface area (Å²) in [6.07, 6.45) is 0.258. The Bertz CT molecular complexity index is 85.1. The van der Waals surface area contributed by atoms with Crippen LogP contribution >= 0.6 is 0 Å². The van der Waals surface area contributed by atoms with Gasteiger partial charge in [0.25, 0.3) is 0 Å². The minimum absolute atomic E-state index is 0.0315. The zero-order valence-electron chi connectivity index (χ0n) is 7.19. The van der Waals surface area contributed by atoms with Crippen LogP contribution in [0.1, 0.15) is 25.7 Å². The van der Waals surface area contributed by atoms with Gasteiger partial charge in [-0.25, -0.2) is 0 Å². The first-order valence-corrected chi connectivity index (χ1v) is 4.30. The van der Waals surface area contributed by atoms with Crippen LogP contribution in [0.15, 0.2) is 0 Å². The molecule has 74 valence electrons. The van der Waals surface area contributed by atoms with Crippen LogP contribution in [0.5, 0.6) is 0 Å². The van der Waals surface area contributed by atoms with Gasteiger partial charge < -0.3 is 20.4 Å². The second-order valence-corrected chi connectivity index (χ2v) is 2.87. The third-order valence-corrected chi connectivity index (χ3v) is 1.76. The Hall–Kier alpha value is -0.160. The lowest BCUT2D eigenvalue weighted by Crippen LogP contribution is -2.26. The number of hydrogen-bond acceptors (Lipinski definition) is 4. The second-order valence-electron chi connectivity index (χ2n) is 2.87. The van der Waals surface area contributed by atoms with Crippen LogP contribution in [-0.4, -0.2) is 45.8 Å². The van der Waals surface area contributed by atoms with E-state index in [1.165, 1.54) is 0 Å². The quantitative estimate of drug-likeness (QED) is 0.413. The van der Waals surface area contributed by atoms with Crippen molar-refractivity contribution in [1.29, 1.82) is 0 Å². The normalized spacial score (nSPS) is 16.0. The van der Waals surface area contributed by atoms with Gasteiger partial charge in [-0.3, -0.25) is 0 Å². The Morgan fingerprint density at radius 3 is 1.33 bits per heavy atom. The van der Waals surface area contributed by atoms with Crippen molar-refractivity contribution in [2.45, 2.75) is 37.9 Å². The lowest BCUT2D eigenvalue weighted by Gasteiger charge is -2.16. The highest BCUT2D eigenvalue weighted by atomic mass is 16.3. The van der Waals surface area contributed by atoms with Gasteiger partial charge in [0.15, 0.2) is 0 Å². The first-order valence-electron chi connectivity index (χ1n) is 4.30. The van der Waals surface area contributed by atoms with Gasteiger partial charge in [0.1, 0.15) is 0 Å². The van der Waals surface area contributed by atoms with Gasteiger partial charge in [-0.1, -0.05) is 0 Å². The monoisotopic (exact) mass is 178 g/mol. The maximum absolute atomic E-state index is 9.23. The van der Waals surface area contributed by atoms with Crippen molar-refractivity contribution in [2.24, 2.45) is 0 Å². The van der Waals surface area contributed by atoms with E-state index in [1.807, 2.05) is 0 Å². The van der Waals surface area contributed by atoms with Gasteiger partial charge in [-0.05, 0) is 25.7 Å². The zero-order chi connectivity index (χ0) is 9.40. The maximum Gasteiger partial charge on any atom is 0.0800 e. The molecule has 0 saturated carbocycles. The van der Waals surface area contributed by atoms with E-state index in [0.29, 0.717) is 25.7 Å². The van der Waals surface area contributed by atoms with Crippen LogP contribution in [0.3, 0.4) is 0 Å². The zero-order valence-corrected chi connectivity index (χ0v) is 7.19. The first kappa shape index (κ1) is 11.8. The Morgan fingerprint density at radius 2 is 1.08 bits per heavy atom. The Labute approximate surface area is 72.5 Å². The van der Waals surface area contributed by atoms with E-state index < -0.39 is 12.2 Å². The Morgan fingerprint density at radius 1 is 0.750 bits per heavy atom. The fourth-order valence-corrected chi connectivity index (χ4v) is 0.986. The number of rotatable bonds is 7. The highest BCUT2D eigenvalue weighted by Crippen LogP contribution is 2.07. The Balaban J connectivity index is 3.39. The predicted octanol–water partition coefficient (Wildman–Crippen LogP) is -0.747. The molecule has 0 aromatic heterocycles. The minimum atomic E-state index is -0.774. The second kappa shape index (κ2) is 7.49. The predicted molar refractivity (Wildman–Crippen MR) is 44.7 cm³/mol. The van der Waals surface area contributed by atoms with Crippen LogP contribution in [-0.2, 0) is 0 Å². The summed E-state index contributed by atoms with van der Waals surface area (Å²) >= 11 is 0. The van der Waals surface area contributed by atoms with E-state index >= 15 is 0 Å². The van der Waals surface area contributed by atoms with Crippen LogP contribution < -0.4 is 0 Å². The molecule has 0 saturated heterocycles. The molecule has 0 radical (unpaired) electrons. The topological polar surface area (TPSA) is 80.9 Å². The summed E-state index contributed by atoms with van der Waals surface area (Å²) in [7, 11) is 0. The van der Waals surface area contributed by atoms with Crippen LogP contribution in [0, 0.1) is 0 Å². The van der Waals surface area contributed by atoms with Crippen molar-refractivity contribution in [3.8, 4) is 0 Å². The summed E-state index contributed by atoms with van der Waals surface area (Å²) in [4.78, 5) is 0. The average molecular weight is 178 g/mol. The molecule has 0 aromatic carbocycles. The maximum atomic E-state index is 9.23. The highest BCUT2D eigenvalue weighted by Gasteiger charge is 2.14. The Kier molecular flexibility index (Phi) is 7.39. The molecule has 0 unspecified atom stereocenters. The molecule has 0 spiro atoms. The highest BCUT2D eigenvalue weighted by molar-refractivity contribution is 4.66. The van der Waals surface area contributed by atoms with Crippen molar-refractivity contribution in [1.82, 2.24) is 0 Å². The summed E-state index contributed by atoms with van der Waals surface area (Å²) in [5, 5.41) is 35.3. The molecule has 0 aliphatic carbocycles. The molecule has 0 heterocycles. The number of aliphatic hydroxyl groups is 4. The van der Waals surface area contributed by atoms with Crippen LogP contribution in [0.4, 0.5) is 0 Å². The van der Waals surface area contributed by atoms with Gasteiger partial charge in [-0.2, -0.15) is 0 Å². The van der Waals surface area contributed by atoms with Gasteiger partial charge in [0.2, 0.25) is 0 Å². The van der Waals surface area contributed by atoms with Gasteiger partial charge in [0, 0.05) is 13.2 Å². The molecule has 2 atom stereocenters. The van der Waals surface area contributed by atoms with Crippen LogP contribution in [0.2, 0.25) is 0 Å². The molecule has 4 N–H and O–H groups in total. The van der Waals surface area contributed by atoms with Crippen molar-refractivity contribution < 1.29 is 20.4 Å². The van der Waals surface area contributed by atoms with Crippen molar-refractivity contribution in [3.63, 3.8) is 0 Å². The van der Waals surface area contributed by atoms with Gasteiger partial charge in [0.05, 0.1) is 12.2 Å². The fourth-order valence-electron chi connectivity index (χ4n) is 0.986. The molecule has 12 heavy (non-hydrogen) atoms. The summed E-state index contributed by atoms with van der Waals surface area (Å²) < 4.78 is 0. The third-order valence-electron chi connectivity index (χ3n) is 1.76. The summed E-state index contributed by atoms with van der Waals surface area (Å²) in [5.41, 5.74) is 0. The molecule has 0 aliphatic rings. The molecular formula is C8H18O4. The average Bonchev–Trinajstić information content (AvgIpc) is 2.10. The van der Waals surface area contributed by atoms with E-state index in [-0.39, 0.29) is 13.2 Å². The van der Waals surface area contributed by atoms with Crippen molar-refractivity contribution in [2.75, 3.05) is 13.2 Å². The third kappa shape index (κ3) is 5.49. The van der Waals surface area contributed by atoms with Gasteiger partial charge >= 0.3 is 0 Å². The van der Waals surface area contributed by atoms with Gasteiger partial charge in [-0.15, -0.1) is 0 Å². The molecule has 4 nitrogen and oxygen atoms in total. The van der Waals surface area contributed by atoms with Crippen LogP contribution in [0.25, 0.3) is 0 Å². The van der Waals surface area contributed by atoms with Crippen molar-refractivity contribution >= 4 is 0 Å². The molecule has 0 aliphatic heterocycles. The molecular weight excluding hydrogens is 160 g/mol. The van der Waals surface area contributed by atoms with E-state index in [9.17, 15) is 10.2 Å². The van der Waals surface area contributed by atoms with Crippen molar-refractivity contribution in [3.05, 3.63) is 0 Å². The minimum Gasteiger partial charge on any atom is -0.396 e. The molecule has 0 amide bonds. The number of aliphatic hydroxyl groups excluding tert-OH is 4. The molecule has 0 aromatic rings. The summed E-state index contributed by atoms with van der Waals surface area (Å²) in [5.74, 6) is 0.